The van der Waals surface area contributed by atoms with E-state index in [9.17, 15) is 0 Å². The molecule has 2 aromatic rings. The number of fused-ring (bicyclic) bond motifs is 1. The number of aromatic nitrogens is 1. The van der Waals surface area contributed by atoms with Crippen LogP contribution in [0.4, 0.5) is 5.82 Å². The van der Waals surface area contributed by atoms with Gasteiger partial charge in [0.15, 0.2) is 0 Å². The fourth-order valence-electron chi connectivity index (χ4n) is 2.45. The Balaban J connectivity index is 2.30. The first-order valence-corrected chi connectivity index (χ1v) is 7.52. The van der Waals surface area contributed by atoms with Gasteiger partial charge in [-0.3, -0.25) is 0 Å². The van der Waals surface area contributed by atoms with Gasteiger partial charge in [0.25, 0.3) is 0 Å². The third-order valence-electron chi connectivity index (χ3n) is 3.67. The highest BCUT2D eigenvalue weighted by molar-refractivity contribution is 5.83. The third kappa shape index (κ3) is 3.85. The molecule has 0 unspecified atom stereocenters. The van der Waals surface area contributed by atoms with Crippen LogP contribution in [-0.4, -0.2) is 37.6 Å². The molecule has 0 aliphatic rings. The lowest BCUT2D eigenvalue weighted by Gasteiger charge is -2.18. The lowest BCUT2D eigenvalue weighted by molar-refractivity contribution is 0.321. The van der Waals surface area contributed by atoms with Gasteiger partial charge in [-0.15, -0.1) is 0 Å². The number of pyridine rings is 1. The zero-order chi connectivity index (χ0) is 15.2. The molecule has 0 fully saturated rings. The standard InChI is InChI=1S/C17H25N3O/c1-5-6-9-20(3)12-14-10-13-7-8-15(21-4)11-16(13)19-17(14)18-2/h7-8,10-11H,5-6,9,12H2,1-4H3,(H,18,19). The Morgan fingerprint density at radius 3 is 2.76 bits per heavy atom. The smallest absolute Gasteiger partial charge is 0.130 e. The van der Waals surface area contributed by atoms with Gasteiger partial charge in [-0.25, -0.2) is 4.98 Å². The molecular weight excluding hydrogens is 262 g/mol. The zero-order valence-corrected chi connectivity index (χ0v) is 13.4. The topological polar surface area (TPSA) is 37.4 Å². The molecule has 21 heavy (non-hydrogen) atoms. The summed E-state index contributed by atoms with van der Waals surface area (Å²) in [5.74, 6) is 1.78. The predicted octanol–water partition coefficient (Wildman–Crippen LogP) is 3.52. The summed E-state index contributed by atoms with van der Waals surface area (Å²) < 4.78 is 5.27. The van der Waals surface area contributed by atoms with Gasteiger partial charge in [0.2, 0.25) is 0 Å². The molecule has 0 spiro atoms. The molecule has 0 amide bonds. The number of nitrogens with one attached hydrogen (secondary N) is 1. The van der Waals surface area contributed by atoms with Crippen molar-refractivity contribution in [2.24, 2.45) is 0 Å². The van der Waals surface area contributed by atoms with Crippen LogP contribution in [0, 0.1) is 0 Å². The Kier molecular flexibility index (Phi) is 5.39. The van der Waals surface area contributed by atoms with Crippen LogP contribution in [0.3, 0.4) is 0 Å². The molecule has 0 aliphatic carbocycles. The van der Waals surface area contributed by atoms with Crippen molar-refractivity contribution < 1.29 is 4.74 Å². The zero-order valence-electron chi connectivity index (χ0n) is 13.4. The lowest BCUT2D eigenvalue weighted by Crippen LogP contribution is -2.20. The van der Waals surface area contributed by atoms with Crippen molar-refractivity contribution in [1.82, 2.24) is 9.88 Å². The molecule has 1 N–H and O–H groups in total. The Morgan fingerprint density at radius 1 is 1.29 bits per heavy atom. The van der Waals surface area contributed by atoms with Gasteiger partial charge in [0.05, 0.1) is 12.6 Å². The first-order valence-electron chi connectivity index (χ1n) is 7.52. The lowest BCUT2D eigenvalue weighted by atomic mass is 10.1. The minimum absolute atomic E-state index is 0.838. The molecule has 0 atom stereocenters. The summed E-state index contributed by atoms with van der Waals surface area (Å²) in [5.41, 5.74) is 2.19. The normalized spacial score (nSPS) is 11.1. The number of rotatable bonds is 7. The van der Waals surface area contributed by atoms with E-state index in [-0.39, 0.29) is 0 Å². The number of unbranched alkanes of at least 4 members (excludes halogenated alkanes) is 1. The Bertz CT molecular complexity index is 598. The maximum Gasteiger partial charge on any atom is 0.130 e. The van der Waals surface area contributed by atoms with Crippen molar-refractivity contribution in [1.29, 1.82) is 0 Å². The van der Waals surface area contributed by atoms with Crippen LogP contribution in [0.1, 0.15) is 25.3 Å². The Labute approximate surface area is 127 Å². The average Bonchev–Trinajstić information content (AvgIpc) is 2.51. The summed E-state index contributed by atoms with van der Waals surface area (Å²) in [4.78, 5) is 7.06. The van der Waals surface area contributed by atoms with Crippen molar-refractivity contribution in [2.45, 2.75) is 26.3 Å². The molecule has 1 aromatic heterocycles. The van der Waals surface area contributed by atoms with Crippen LogP contribution in [-0.2, 0) is 6.54 Å². The highest BCUT2D eigenvalue weighted by atomic mass is 16.5. The van der Waals surface area contributed by atoms with Crippen LogP contribution in [0.2, 0.25) is 0 Å². The monoisotopic (exact) mass is 287 g/mol. The van der Waals surface area contributed by atoms with Crippen molar-refractivity contribution in [3.05, 3.63) is 29.8 Å². The first kappa shape index (κ1) is 15.6. The summed E-state index contributed by atoms with van der Waals surface area (Å²) in [6.45, 7) is 4.24. The molecule has 2 rings (SSSR count). The van der Waals surface area contributed by atoms with E-state index in [0.717, 1.165) is 35.6 Å². The van der Waals surface area contributed by atoms with Crippen LogP contribution in [0.5, 0.6) is 5.75 Å². The fraction of sp³-hybridized carbons (Fsp3) is 0.471. The maximum atomic E-state index is 5.27. The Morgan fingerprint density at radius 2 is 2.10 bits per heavy atom. The second kappa shape index (κ2) is 7.27. The molecule has 4 heteroatoms. The Hall–Kier alpha value is -1.81. The number of hydrogen-bond acceptors (Lipinski definition) is 4. The van der Waals surface area contributed by atoms with E-state index in [1.54, 1.807) is 7.11 Å². The van der Waals surface area contributed by atoms with Crippen LogP contribution in [0.15, 0.2) is 24.3 Å². The maximum absolute atomic E-state index is 5.27. The number of nitrogens with zero attached hydrogens (tertiary/aromatic N) is 2. The second-order valence-electron chi connectivity index (χ2n) is 5.40. The van der Waals surface area contributed by atoms with Crippen LogP contribution >= 0.6 is 0 Å². The van der Waals surface area contributed by atoms with E-state index in [1.807, 2.05) is 19.2 Å². The van der Waals surface area contributed by atoms with Crippen molar-refractivity contribution in [3.63, 3.8) is 0 Å². The largest absolute Gasteiger partial charge is 0.497 e. The number of hydrogen-bond donors (Lipinski definition) is 1. The number of anilines is 1. The van der Waals surface area contributed by atoms with E-state index >= 15 is 0 Å². The molecule has 0 radical (unpaired) electrons. The molecule has 0 saturated carbocycles. The summed E-state index contributed by atoms with van der Waals surface area (Å²) in [7, 11) is 5.76. The summed E-state index contributed by atoms with van der Waals surface area (Å²) in [6, 6.07) is 8.24. The second-order valence-corrected chi connectivity index (χ2v) is 5.40. The molecule has 1 heterocycles. The number of methoxy groups -OCH3 is 1. The fourth-order valence-corrected chi connectivity index (χ4v) is 2.45. The summed E-state index contributed by atoms with van der Waals surface area (Å²) in [6.07, 6.45) is 2.45. The van der Waals surface area contributed by atoms with Gasteiger partial charge >= 0.3 is 0 Å². The molecular formula is C17H25N3O. The summed E-state index contributed by atoms with van der Waals surface area (Å²) >= 11 is 0. The minimum atomic E-state index is 0.838. The van der Waals surface area contributed by atoms with E-state index in [1.165, 1.54) is 18.4 Å². The molecule has 114 valence electrons. The van der Waals surface area contributed by atoms with E-state index in [4.69, 9.17) is 9.72 Å². The van der Waals surface area contributed by atoms with E-state index in [0.29, 0.717) is 0 Å². The van der Waals surface area contributed by atoms with Gasteiger partial charge in [-0.2, -0.15) is 0 Å². The molecule has 0 aliphatic heterocycles. The summed E-state index contributed by atoms with van der Waals surface area (Å²) in [5, 5.41) is 4.35. The highest BCUT2D eigenvalue weighted by Crippen LogP contribution is 2.24. The molecule has 0 bridgehead atoms. The molecule has 4 nitrogen and oxygen atoms in total. The van der Waals surface area contributed by atoms with E-state index in [2.05, 4.69) is 36.3 Å². The SMILES string of the molecule is CCCCN(C)Cc1cc2ccc(OC)cc2nc1NC. The van der Waals surface area contributed by atoms with Gasteiger partial charge in [0, 0.05) is 30.6 Å². The van der Waals surface area contributed by atoms with Crippen LogP contribution < -0.4 is 10.1 Å². The quantitative estimate of drug-likeness (QED) is 0.845. The van der Waals surface area contributed by atoms with Crippen molar-refractivity contribution >= 4 is 16.7 Å². The van der Waals surface area contributed by atoms with E-state index < -0.39 is 0 Å². The third-order valence-corrected chi connectivity index (χ3v) is 3.67. The van der Waals surface area contributed by atoms with Gasteiger partial charge < -0.3 is 15.0 Å². The molecule has 0 saturated heterocycles. The highest BCUT2D eigenvalue weighted by Gasteiger charge is 2.09. The van der Waals surface area contributed by atoms with Gasteiger partial charge in [0.1, 0.15) is 11.6 Å². The van der Waals surface area contributed by atoms with Crippen LogP contribution in [0.25, 0.3) is 10.9 Å². The van der Waals surface area contributed by atoms with Crippen molar-refractivity contribution in [3.8, 4) is 5.75 Å². The average molecular weight is 287 g/mol. The van der Waals surface area contributed by atoms with Gasteiger partial charge in [-0.1, -0.05) is 13.3 Å². The number of ether oxygens (including phenoxy) is 1. The molecule has 1 aromatic carbocycles. The number of benzene rings is 1. The first-order chi connectivity index (χ1) is 10.2. The minimum Gasteiger partial charge on any atom is -0.497 e. The van der Waals surface area contributed by atoms with Crippen molar-refractivity contribution in [2.75, 3.05) is 33.1 Å². The van der Waals surface area contributed by atoms with Gasteiger partial charge in [-0.05, 0) is 38.2 Å². The predicted molar refractivity (Wildman–Crippen MR) is 89.1 cm³/mol.